The number of carboxylic acids is 1. The monoisotopic (exact) mass is 314 g/mol. The number of aromatic amines is 1. The number of H-pyrrole nitrogens is 1. The summed E-state index contributed by atoms with van der Waals surface area (Å²) in [5, 5.41) is 8.91. The maximum atomic E-state index is 12.3. The van der Waals surface area contributed by atoms with E-state index in [0.29, 0.717) is 0 Å². The molecule has 1 aliphatic heterocycles. The van der Waals surface area contributed by atoms with Gasteiger partial charge in [0.1, 0.15) is 6.54 Å². The van der Waals surface area contributed by atoms with Gasteiger partial charge in [-0.25, -0.2) is 8.42 Å². The summed E-state index contributed by atoms with van der Waals surface area (Å²) < 4.78 is 23.0. The third-order valence-electron chi connectivity index (χ3n) is 3.24. The smallest absolute Gasteiger partial charge is 0.323 e. The fourth-order valence-electron chi connectivity index (χ4n) is 2.28. The lowest BCUT2D eigenvalue weighted by Gasteiger charge is -2.26. The molecule has 0 bridgehead atoms. The number of nitrogens with one attached hydrogen (secondary N) is 1. The molecule has 0 spiro atoms. The van der Waals surface area contributed by atoms with E-state index in [-0.39, 0.29) is 23.5 Å². The van der Waals surface area contributed by atoms with Gasteiger partial charge in [0.05, 0.1) is 11.5 Å². The van der Waals surface area contributed by atoms with Crippen LogP contribution in [0.2, 0.25) is 0 Å². The quantitative estimate of drug-likeness (QED) is 0.741. The van der Waals surface area contributed by atoms with Crippen molar-refractivity contribution in [2.75, 3.05) is 18.1 Å². The third kappa shape index (κ3) is 3.69. The summed E-state index contributed by atoms with van der Waals surface area (Å²) >= 11 is 0. The Bertz CT molecular complexity index is 723. The number of sulfone groups is 1. The van der Waals surface area contributed by atoms with Gasteiger partial charge < -0.3 is 15.0 Å². The summed E-state index contributed by atoms with van der Waals surface area (Å²) in [6.45, 7) is -0.605. The standard InChI is InChI=1S/C12H14N2O6S/c15-10-5-8(1-3-13-10)12(18)14(6-11(16)17)9-2-4-21(19,20)7-9/h1,3,5,9H,2,4,6-7H2,(H,13,15)(H,16,17). The zero-order valence-corrected chi connectivity index (χ0v) is 11.8. The van der Waals surface area contributed by atoms with Gasteiger partial charge in [0.15, 0.2) is 9.84 Å². The van der Waals surface area contributed by atoms with E-state index in [0.717, 1.165) is 11.0 Å². The van der Waals surface area contributed by atoms with Crippen molar-refractivity contribution in [3.05, 3.63) is 34.2 Å². The minimum atomic E-state index is -3.25. The number of hydrogen-bond donors (Lipinski definition) is 2. The molecule has 0 radical (unpaired) electrons. The molecule has 2 heterocycles. The molecule has 2 N–H and O–H groups in total. The van der Waals surface area contributed by atoms with Gasteiger partial charge in [-0.15, -0.1) is 0 Å². The van der Waals surface area contributed by atoms with Gasteiger partial charge in [0.2, 0.25) is 5.56 Å². The van der Waals surface area contributed by atoms with Crippen molar-refractivity contribution < 1.29 is 23.1 Å². The average molecular weight is 314 g/mol. The van der Waals surface area contributed by atoms with Crippen LogP contribution in [0, 0.1) is 0 Å². The van der Waals surface area contributed by atoms with Crippen LogP contribution in [0.25, 0.3) is 0 Å². The SMILES string of the molecule is O=C(O)CN(C(=O)c1cc[nH]c(=O)c1)C1CCS(=O)(=O)C1. The predicted molar refractivity (Wildman–Crippen MR) is 72.8 cm³/mol. The summed E-state index contributed by atoms with van der Waals surface area (Å²) in [4.78, 5) is 37.8. The van der Waals surface area contributed by atoms with Crippen molar-refractivity contribution in [3.63, 3.8) is 0 Å². The first-order valence-electron chi connectivity index (χ1n) is 6.20. The average Bonchev–Trinajstić information content (AvgIpc) is 2.75. The van der Waals surface area contributed by atoms with Crippen LogP contribution in [0.5, 0.6) is 0 Å². The zero-order valence-electron chi connectivity index (χ0n) is 11.0. The molecular formula is C12H14N2O6S. The van der Waals surface area contributed by atoms with Gasteiger partial charge in [-0.3, -0.25) is 14.4 Å². The molecule has 0 aromatic carbocycles. The number of aromatic nitrogens is 1. The summed E-state index contributed by atoms with van der Waals surface area (Å²) in [5.41, 5.74) is -0.459. The van der Waals surface area contributed by atoms with E-state index in [1.165, 1.54) is 12.3 Å². The number of carbonyl (C=O) groups is 2. The van der Waals surface area contributed by atoms with E-state index < -0.39 is 39.9 Å². The first-order chi connectivity index (χ1) is 9.78. The van der Waals surface area contributed by atoms with E-state index in [9.17, 15) is 22.8 Å². The van der Waals surface area contributed by atoms with Crippen molar-refractivity contribution in [1.82, 2.24) is 9.88 Å². The summed E-state index contributed by atoms with van der Waals surface area (Å²) in [6.07, 6.45) is 1.48. The molecule has 1 aromatic heterocycles. The molecule has 114 valence electrons. The van der Waals surface area contributed by atoms with E-state index in [4.69, 9.17) is 5.11 Å². The maximum absolute atomic E-state index is 12.3. The molecule has 2 rings (SSSR count). The molecule has 8 nitrogen and oxygen atoms in total. The van der Waals surface area contributed by atoms with Crippen LogP contribution < -0.4 is 5.56 Å². The molecule has 1 amide bonds. The lowest BCUT2D eigenvalue weighted by atomic mass is 10.1. The molecule has 9 heteroatoms. The highest BCUT2D eigenvalue weighted by molar-refractivity contribution is 7.91. The Balaban J connectivity index is 2.30. The van der Waals surface area contributed by atoms with Gasteiger partial charge in [-0.2, -0.15) is 0 Å². The number of aliphatic carboxylic acids is 1. The minimum absolute atomic E-state index is 0.0318. The van der Waals surface area contributed by atoms with Crippen LogP contribution in [0.3, 0.4) is 0 Å². The van der Waals surface area contributed by atoms with Crippen LogP contribution in [-0.4, -0.2) is 59.4 Å². The van der Waals surface area contributed by atoms with Gasteiger partial charge in [0.25, 0.3) is 5.91 Å². The van der Waals surface area contributed by atoms with Crippen LogP contribution >= 0.6 is 0 Å². The van der Waals surface area contributed by atoms with E-state index in [2.05, 4.69) is 4.98 Å². The molecule has 0 aliphatic carbocycles. The Kier molecular flexibility index (Phi) is 4.12. The van der Waals surface area contributed by atoms with Gasteiger partial charge in [-0.1, -0.05) is 0 Å². The minimum Gasteiger partial charge on any atom is -0.480 e. The fourth-order valence-corrected chi connectivity index (χ4v) is 4.01. The van der Waals surface area contributed by atoms with Crippen molar-refractivity contribution in [2.24, 2.45) is 0 Å². The van der Waals surface area contributed by atoms with E-state index >= 15 is 0 Å². The molecule has 1 saturated heterocycles. The second-order valence-corrected chi connectivity index (χ2v) is 7.05. The Labute approximate surface area is 120 Å². The van der Waals surface area contributed by atoms with Crippen molar-refractivity contribution in [1.29, 1.82) is 0 Å². The summed E-state index contributed by atoms with van der Waals surface area (Å²) in [7, 11) is -3.25. The normalized spacial score (nSPS) is 20.1. The van der Waals surface area contributed by atoms with Crippen molar-refractivity contribution in [2.45, 2.75) is 12.5 Å². The molecule has 1 fully saturated rings. The number of nitrogens with zero attached hydrogens (tertiary/aromatic N) is 1. The predicted octanol–water partition coefficient (Wildman–Crippen LogP) is -0.911. The molecule has 1 aliphatic rings. The Morgan fingerprint density at radius 1 is 1.43 bits per heavy atom. The Morgan fingerprint density at radius 2 is 2.14 bits per heavy atom. The fraction of sp³-hybridized carbons (Fsp3) is 0.417. The lowest BCUT2D eigenvalue weighted by Crippen LogP contribution is -2.44. The number of amides is 1. The molecule has 1 aromatic rings. The van der Waals surface area contributed by atoms with Gasteiger partial charge in [0, 0.05) is 23.9 Å². The topological polar surface area (TPSA) is 125 Å². The Hall–Kier alpha value is -2.16. The second-order valence-electron chi connectivity index (χ2n) is 4.83. The van der Waals surface area contributed by atoms with Gasteiger partial charge in [-0.05, 0) is 12.5 Å². The number of pyridine rings is 1. The van der Waals surface area contributed by atoms with Crippen molar-refractivity contribution in [3.8, 4) is 0 Å². The highest BCUT2D eigenvalue weighted by Crippen LogP contribution is 2.19. The highest BCUT2D eigenvalue weighted by atomic mass is 32.2. The third-order valence-corrected chi connectivity index (χ3v) is 4.99. The maximum Gasteiger partial charge on any atom is 0.323 e. The highest BCUT2D eigenvalue weighted by Gasteiger charge is 2.36. The molecule has 1 atom stereocenters. The summed E-state index contributed by atoms with van der Waals surface area (Å²) in [5.74, 6) is -2.23. The molecular weight excluding hydrogens is 300 g/mol. The van der Waals surface area contributed by atoms with E-state index in [1.54, 1.807) is 0 Å². The number of carbonyl (C=O) groups excluding carboxylic acids is 1. The van der Waals surface area contributed by atoms with Gasteiger partial charge >= 0.3 is 5.97 Å². The van der Waals surface area contributed by atoms with Crippen molar-refractivity contribution >= 4 is 21.7 Å². The Morgan fingerprint density at radius 3 is 2.67 bits per heavy atom. The number of rotatable bonds is 4. The second kappa shape index (κ2) is 5.68. The first-order valence-corrected chi connectivity index (χ1v) is 8.02. The first kappa shape index (κ1) is 15.2. The van der Waals surface area contributed by atoms with Crippen LogP contribution in [0.1, 0.15) is 16.8 Å². The summed E-state index contributed by atoms with van der Waals surface area (Å²) in [6, 6.07) is 1.72. The van der Waals surface area contributed by atoms with Crippen LogP contribution in [0.15, 0.2) is 23.1 Å². The molecule has 21 heavy (non-hydrogen) atoms. The molecule has 1 unspecified atom stereocenters. The number of carboxylic acid groups (broad SMARTS) is 1. The zero-order chi connectivity index (χ0) is 15.6. The number of hydrogen-bond acceptors (Lipinski definition) is 5. The van der Waals surface area contributed by atoms with E-state index in [1.807, 2.05) is 0 Å². The molecule has 0 saturated carbocycles. The van der Waals surface area contributed by atoms with Crippen LogP contribution in [-0.2, 0) is 14.6 Å². The largest absolute Gasteiger partial charge is 0.480 e. The lowest BCUT2D eigenvalue weighted by molar-refractivity contribution is -0.138. The van der Waals surface area contributed by atoms with Crippen LogP contribution in [0.4, 0.5) is 0 Å².